The maximum atomic E-state index is 12.3. The lowest BCUT2D eigenvalue weighted by Gasteiger charge is -2.25. The number of hydrogen-bond acceptors (Lipinski definition) is 3. The number of nitrogens with two attached hydrogens (primary N) is 1. The van der Waals surface area contributed by atoms with Crippen LogP contribution in [0.25, 0.3) is 0 Å². The van der Waals surface area contributed by atoms with Crippen LogP contribution in [0.5, 0.6) is 0 Å². The molecule has 20 heavy (non-hydrogen) atoms. The van der Waals surface area contributed by atoms with E-state index in [0.29, 0.717) is 24.1 Å². The quantitative estimate of drug-likeness (QED) is 0.782. The fourth-order valence-electron chi connectivity index (χ4n) is 2.58. The number of sulfonamides is 1. The average molecular weight is 327 g/mol. The summed E-state index contributed by atoms with van der Waals surface area (Å²) in [6, 6.07) is 0.0762. The van der Waals surface area contributed by atoms with E-state index >= 15 is 0 Å². The molecule has 1 aliphatic carbocycles. The molecule has 0 radical (unpaired) electrons. The van der Waals surface area contributed by atoms with Gasteiger partial charge in [0.1, 0.15) is 0 Å². The zero-order valence-electron chi connectivity index (χ0n) is 13.0. The Morgan fingerprint density at radius 3 is 2.25 bits per heavy atom. The predicted molar refractivity (Wildman–Crippen MR) is 87.7 cm³/mol. The largest absolute Gasteiger partial charge is 0.327 e. The molecule has 0 saturated heterocycles. The van der Waals surface area contributed by atoms with Gasteiger partial charge in [-0.05, 0) is 31.1 Å². The van der Waals surface area contributed by atoms with Gasteiger partial charge in [-0.15, -0.1) is 12.4 Å². The molecule has 1 aliphatic rings. The van der Waals surface area contributed by atoms with E-state index in [0.717, 1.165) is 19.3 Å². The molecule has 1 unspecified atom stereocenters. The Morgan fingerprint density at radius 1 is 1.20 bits per heavy atom. The summed E-state index contributed by atoms with van der Waals surface area (Å²) >= 11 is 0. The van der Waals surface area contributed by atoms with E-state index in [2.05, 4.69) is 13.8 Å². The van der Waals surface area contributed by atoms with Crippen molar-refractivity contribution in [3.05, 3.63) is 0 Å². The lowest BCUT2D eigenvalue weighted by atomic mass is 9.91. The van der Waals surface area contributed by atoms with E-state index in [-0.39, 0.29) is 18.4 Å². The van der Waals surface area contributed by atoms with Crippen LogP contribution in [0.1, 0.15) is 52.4 Å². The smallest absolute Gasteiger partial charge is 0.214 e. The summed E-state index contributed by atoms with van der Waals surface area (Å²) in [6.07, 6.45) is 6.50. The maximum Gasteiger partial charge on any atom is 0.214 e. The second-order valence-corrected chi connectivity index (χ2v) is 8.42. The summed E-state index contributed by atoms with van der Waals surface area (Å²) < 4.78 is 26.0. The van der Waals surface area contributed by atoms with Crippen molar-refractivity contribution in [2.75, 3.05) is 19.3 Å². The summed E-state index contributed by atoms with van der Waals surface area (Å²) in [6.45, 7) is 4.68. The van der Waals surface area contributed by atoms with Gasteiger partial charge in [-0.3, -0.25) is 0 Å². The van der Waals surface area contributed by atoms with Gasteiger partial charge in [0, 0.05) is 19.6 Å². The second-order valence-electron chi connectivity index (χ2n) is 6.30. The third-order valence-corrected chi connectivity index (χ3v) is 6.30. The Hall–Kier alpha value is 0.160. The average Bonchev–Trinajstić information content (AvgIpc) is 2.35. The molecule has 0 heterocycles. The Bertz CT molecular complexity index is 354. The van der Waals surface area contributed by atoms with Gasteiger partial charge >= 0.3 is 0 Å². The van der Waals surface area contributed by atoms with E-state index < -0.39 is 10.0 Å². The highest BCUT2D eigenvalue weighted by molar-refractivity contribution is 7.89. The summed E-state index contributed by atoms with van der Waals surface area (Å²) in [5.41, 5.74) is 5.97. The van der Waals surface area contributed by atoms with Gasteiger partial charge in [0.15, 0.2) is 0 Å². The molecule has 6 heteroatoms. The molecule has 1 rings (SSSR count). The van der Waals surface area contributed by atoms with Crippen molar-refractivity contribution in [2.45, 2.75) is 58.4 Å². The zero-order chi connectivity index (χ0) is 14.5. The number of halogens is 1. The van der Waals surface area contributed by atoms with Crippen LogP contribution < -0.4 is 5.73 Å². The molecule has 1 saturated carbocycles. The topological polar surface area (TPSA) is 63.4 Å². The molecule has 0 aromatic heterocycles. The summed E-state index contributed by atoms with van der Waals surface area (Å²) in [4.78, 5) is 0. The van der Waals surface area contributed by atoms with Crippen LogP contribution in [-0.2, 0) is 10.0 Å². The fourth-order valence-corrected chi connectivity index (χ4v) is 4.15. The lowest BCUT2D eigenvalue weighted by Crippen LogP contribution is -2.37. The second kappa shape index (κ2) is 9.23. The van der Waals surface area contributed by atoms with Crippen molar-refractivity contribution in [2.24, 2.45) is 17.6 Å². The monoisotopic (exact) mass is 326 g/mol. The molecule has 0 aliphatic heterocycles. The molecule has 0 aromatic rings. The van der Waals surface area contributed by atoms with Gasteiger partial charge in [-0.1, -0.05) is 33.1 Å². The molecule has 4 nitrogen and oxygen atoms in total. The van der Waals surface area contributed by atoms with E-state index in [1.54, 1.807) is 7.05 Å². The predicted octanol–water partition coefficient (Wildman–Crippen LogP) is 2.62. The Kier molecular flexibility index (Phi) is 9.31. The third-order valence-electron chi connectivity index (χ3n) is 4.28. The molecule has 122 valence electrons. The third kappa shape index (κ3) is 6.74. The highest BCUT2D eigenvalue weighted by atomic mass is 35.5. The Balaban J connectivity index is 0.00000361. The van der Waals surface area contributed by atoms with Gasteiger partial charge < -0.3 is 5.73 Å². The summed E-state index contributed by atoms with van der Waals surface area (Å²) in [5.74, 6) is 1.08. The molecule has 2 N–H and O–H groups in total. The number of rotatable bonds is 7. The van der Waals surface area contributed by atoms with Gasteiger partial charge in [-0.2, -0.15) is 0 Å². The van der Waals surface area contributed by atoms with Crippen molar-refractivity contribution >= 4 is 22.4 Å². The van der Waals surface area contributed by atoms with Crippen molar-refractivity contribution in [3.63, 3.8) is 0 Å². The standard InChI is InChI=1S/C14H30N2O2S.ClH/c1-12(2)14(15)9-10-16(3)19(17,18)11-13-7-5-4-6-8-13;/h12-14H,4-11,15H2,1-3H3;1H. The highest BCUT2D eigenvalue weighted by Gasteiger charge is 2.25. The van der Waals surface area contributed by atoms with Gasteiger partial charge in [0.25, 0.3) is 0 Å². The van der Waals surface area contributed by atoms with Crippen LogP contribution in [0.2, 0.25) is 0 Å². The molecule has 0 bridgehead atoms. The normalized spacial score (nSPS) is 19.1. The molecule has 1 fully saturated rings. The van der Waals surface area contributed by atoms with E-state index in [9.17, 15) is 8.42 Å². The minimum absolute atomic E-state index is 0. The van der Waals surface area contributed by atoms with Crippen LogP contribution in [0.3, 0.4) is 0 Å². The molecule has 0 spiro atoms. The minimum Gasteiger partial charge on any atom is -0.327 e. The first-order valence-corrected chi connectivity index (χ1v) is 9.13. The zero-order valence-corrected chi connectivity index (χ0v) is 14.7. The first-order chi connectivity index (χ1) is 8.83. The Labute approximate surface area is 130 Å². The SMILES string of the molecule is CC(C)C(N)CCN(C)S(=O)(=O)CC1CCCCC1.Cl. The molecular weight excluding hydrogens is 296 g/mol. The van der Waals surface area contributed by atoms with Crippen LogP contribution in [0.4, 0.5) is 0 Å². The summed E-state index contributed by atoms with van der Waals surface area (Å²) in [7, 11) is -1.42. The van der Waals surface area contributed by atoms with Crippen LogP contribution in [0, 0.1) is 11.8 Å². The molecule has 0 aromatic carbocycles. The minimum atomic E-state index is -3.10. The van der Waals surface area contributed by atoms with Crippen molar-refractivity contribution in [1.29, 1.82) is 0 Å². The maximum absolute atomic E-state index is 12.3. The molecular formula is C14H31ClN2O2S. The van der Waals surface area contributed by atoms with Gasteiger partial charge in [-0.25, -0.2) is 12.7 Å². The van der Waals surface area contributed by atoms with Crippen LogP contribution in [0.15, 0.2) is 0 Å². The first kappa shape index (κ1) is 20.2. The molecule has 0 amide bonds. The van der Waals surface area contributed by atoms with Gasteiger partial charge in [0.05, 0.1) is 5.75 Å². The Morgan fingerprint density at radius 2 is 1.75 bits per heavy atom. The fraction of sp³-hybridized carbons (Fsp3) is 1.00. The van der Waals surface area contributed by atoms with Crippen LogP contribution in [-0.4, -0.2) is 38.1 Å². The van der Waals surface area contributed by atoms with E-state index in [1.807, 2.05) is 0 Å². The first-order valence-electron chi connectivity index (χ1n) is 7.52. The van der Waals surface area contributed by atoms with E-state index in [1.165, 1.54) is 23.6 Å². The van der Waals surface area contributed by atoms with Crippen molar-refractivity contribution in [1.82, 2.24) is 4.31 Å². The number of nitrogens with zero attached hydrogens (tertiary/aromatic N) is 1. The summed E-state index contributed by atoms with van der Waals surface area (Å²) in [5, 5.41) is 0. The van der Waals surface area contributed by atoms with Gasteiger partial charge in [0.2, 0.25) is 10.0 Å². The van der Waals surface area contributed by atoms with Crippen molar-refractivity contribution in [3.8, 4) is 0 Å². The highest BCUT2D eigenvalue weighted by Crippen LogP contribution is 2.25. The van der Waals surface area contributed by atoms with Crippen molar-refractivity contribution < 1.29 is 8.42 Å². The van der Waals surface area contributed by atoms with Crippen LogP contribution >= 0.6 is 12.4 Å². The lowest BCUT2D eigenvalue weighted by molar-refractivity contribution is 0.367. The number of hydrogen-bond donors (Lipinski definition) is 1. The molecule has 1 atom stereocenters. The van der Waals surface area contributed by atoms with E-state index in [4.69, 9.17) is 5.73 Å².